The predicted molar refractivity (Wildman–Crippen MR) is 97.0 cm³/mol. The van der Waals surface area contributed by atoms with Gasteiger partial charge < -0.3 is 15.4 Å². The molecule has 2 fully saturated rings. The van der Waals surface area contributed by atoms with Gasteiger partial charge in [0, 0.05) is 5.69 Å². The molecule has 2 N–H and O–H groups in total. The van der Waals surface area contributed by atoms with Crippen LogP contribution in [0.15, 0.2) is 24.3 Å². The average Bonchev–Trinajstić information content (AvgIpc) is 3.47. The Balaban J connectivity index is 1.53. The van der Waals surface area contributed by atoms with Crippen molar-refractivity contribution in [1.82, 2.24) is 10.2 Å². The summed E-state index contributed by atoms with van der Waals surface area (Å²) in [6, 6.07) is 3.05. The van der Waals surface area contributed by atoms with Crippen LogP contribution in [0.2, 0.25) is 0 Å². The second kappa shape index (κ2) is 7.62. The second-order valence-electron chi connectivity index (χ2n) is 7.49. The largest absolute Gasteiger partial charge is 0.451 e. The average molecular weight is 427 g/mol. The third-order valence-corrected chi connectivity index (χ3v) is 5.14. The van der Waals surface area contributed by atoms with Gasteiger partial charge in [-0.05, 0) is 56.9 Å². The SMILES string of the molecule is C[C@H](OC(=O)CN1C(=O)N[C@](C)(C2CC2)C1=O)C(=O)Nc1ccc(C(F)(F)F)cc1. The highest BCUT2D eigenvalue weighted by Crippen LogP contribution is 2.42. The second-order valence-corrected chi connectivity index (χ2v) is 7.49. The van der Waals surface area contributed by atoms with Crippen LogP contribution in [0.4, 0.5) is 23.7 Å². The number of alkyl halides is 3. The van der Waals surface area contributed by atoms with Gasteiger partial charge in [0.15, 0.2) is 6.10 Å². The summed E-state index contributed by atoms with van der Waals surface area (Å²) in [5.41, 5.74) is -1.82. The molecule has 1 aromatic carbocycles. The van der Waals surface area contributed by atoms with Crippen molar-refractivity contribution >= 4 is 29.5 Å². The van der Waals surface area contributed by atoms with E-state index < -0.39 is 53.7 Å². The van der Waals surface area contributed by atoms with Crippen molar-refractivity contribution in [1.29, 1.82) is 0 Å². The number of rotatable bonds is 6. The van der Waals surface area contributed by atoms with Gasteiger partial charge in [0.1, 0.15) is 12.1 Å². The number of ether oxygens (including phenoxy) is 1. The van der Waals surface area contributed by atoms with E-state index in [1.807, 2.05) is 0 Å². The van der Waals surface area contributed by atoms with Crippen LogP contribution in [0.25, 0.3) is 0 Å². The Kier molecular flexibility index (Phi) is 5.48. The molecule has 1 aliphatic carbocycles. The molecule has 1 saturated carbocycles. The maximum atomic E-state index is 12.6. The maximum absolute atomic E-state index is 12.6. The summed E-state index contributed by atoms with van der Waals surface area (Å²) in [6.07, 6.45) is -4.18. The Morgan fingerprint density at radius 2 is 1.87 bits per heavy atom. The lowest BCUT2D eigenvalue weighted by atomic mass is 9.96. The number of nitrogens with zero attached hydrogens (tertiary/aromatic N) is 1. The van der Waals surface area contributed by atoms with Crippen molar-refractivity contribution in [3.05, 3.63) is 29.8 Å². The molecule has 3 rings (SSSR count). The third kappa shape index (κ3) is 4.39. The lowest BCUT2D eigenvalue weighted by molar-refractivity contribution is -0.155. The van der Waals surface area contributed by atoms with Crippen molar-refractivity contribution in [2.75, 3.05) is 11.9 Å². The molecular formula is C19H20F3N3O5. The van der Waals surface area contributed by atoms with Crippen LogP contribution in [0, 0.1) is 5.92 Å². The highest BCUT2D eigenvalue weighted by atomic mass is 19.4. The van der Waals surface area contributed by atoms with Gasteiger partial charge in [0.05, 0.1) is 5.56 Å². The summed E-state index contributed by atoms with van der Waals surface area (Å²) in [7, 11) is 0. The van der Waals surface area contributed by atoms with Crippen molar-refractivity contribution < 1.29 is 37.1 Å². The van der Waals surface area contributed by atoms with Crippen molar-refractivity contribution in [2.45, 2.75) is 44.5 Å². The smallest absolute Gasteiger partial charge is 0.416 e. The standard InChI is InChI=1S/C19H20F3N3O5/c1-10(15(27)23-13-7-5-12(6-8-13)19(20,21)22)30-14(26)9-25-16(28)18(2,11-3-4-11)24-17(25)29/h5-8,10-11H,3-4,9H2,1-2H3,(H,23,27)(H,24,29)/t10-,18+/m0/s1. The molecule has 2 atom stereocenters. The minimum Gasteiger partial charge on any atom is -0.451 e. The van der Waals surface area contributed by atoms with Crippen LogP contribution < -0.4 is 10.6 Å². The summed E-state index contributed by atoms with van der Waals surface area (Å²) in [6.45, 7) is 2.22. The number of hydrogen-bond acceptors (Lipinski definition) is 5. The Labute approximate surface area is 169 Å². The number of halogens is 3. The number of carbonyl (C=O) groups is 4. The zero-order valence-electron chi connectivity index (χ0n) is 16.2. The number of urea groups is 1. The van der Waals surface area contributed by atoms with E-state index in [0.717, 1.165) is 42.0 Å². The first-order valence-corrected chi connectivity index (χ1v) is 9.23. The molecule has 1 aliphatic heterocycles. The minimum atomic E-state index is -4.50. The number of nitrogens with one attached hydrogen (secondary N) is 2. The number of esters is 1. The molecule has 30 heavy (non-hydrogen) atoms. The lowest BCUT2D eigenvalue weighted by Gasteiger charge is -2.21. The van der Waals surface area contributed by atoms with Gasteiger partial charge in [-0.1, -0.05) is 0 Å². The first kappa shape index (κ1) is 21.6. The first-order valence-electron chi connectivity index (χ1n) is 9.23. The molecule has 2 aliphatic rings. The third-order valence-electron chi connectivity index (χ3n) is 5.14. The maximum Gasteiger partial charge on any atom is 0.416 e. The van der Waals surface area contributed by atoms with E-state index in [9.17, 15) is 32.3 Å². The number of benzene rings is 1. The first-order chi connectivity index (χ1) is 13.9. The predicted octanol–water partition coefficient (Wildman–Crippen LogP) is 2.30. The molecule has 1 heterocycles. The van der Waals surface area contributed by atoms with Crippen LogP contribution in [0.3, 0.4) is 0 Å². The van der Waals surface area contributed by atoms with Gasteiger partial charge in [-0.25, -0.2) is 4.79 Å². The van der Waals surface area contributed by atoms with E-state index in [1.54, 1.807) is 6.92 Å². The Morgan fingerprint density at radius 3 is 2.40 bits per heavy atom. The van der Waals surface area contributed by atoms with Gasteiger partial charge in [-0.15, -0.1) is 0 Å². The van der Waals surface area contributed by atoms with E-state index in [2.05, 4.69) is 10.6 Å². The highest BCUT2D eigenvalue weighted by molar-refractivity contribution is 6.09. The van der Waals surface area contributed by atoms with Crippen LogP contribution >= 0.6 is 0 Å². The fraction of sp³-hybridized carbons (Fsp3) is 0.474. The Bertz CT molecular complexity index is 882. The number of imide groups is 1. The summed E-state index contributed by atoms with van der Waals surface area (Å²) < 4.78 is 42.7. The molecule has 0 bridgehead atoms. The summed E-state index contributed by atoms with van der Waals surface area (Å²) in [5.74, 6) is -2.23. The summed E-state index contributed by atoms with van der Waals surface area (Å²) in [5, 5.41) is 4.92. The fourth-order valence-corrected chi connectivity index (χ4v) is 3.20. The molecule has 162 valence electrons. The van der Waals surface area contributed by atoms with Crippen LogP contribution in [-0.2, 0) is 25.3 Å². The molecule has 1 aromatic rings. The van der Waals surface area contributed by atoms with E-state index >= 15 is 0 Å². The highest BCUT2D eigenvalue weighted by Gasteiger charge is 2.56. The summed E-state index contributed by atoms with van der Waals surface area (Å²) in [4.78, 5) is 49.5. The van der Waals surface area contributed by atoms with Crippen molar-refractivity contribution in [3.8, 4) is 0 Å². The zero-order chi connectivity index (χ0) is 22.3. The topological polar surface area (TPSA) is 105 Å². The quantitative estimate of drug-likeness (QED) is 0.536. The molecule has 4 amide bonds. The van der Waals surface area contributed by atoms with Gasteiger partial charge in [-0.2, -0.15) is 13.2 Å². The minimum absolute atomic E-state index is 0.0309. The molecule has 0 radical (unpaired) electrons. The van der Waals surface area contributed by atoms with E-state index in [0.29, 0.717) is 0 Å². The number of hydrogen-bond donors (Lipinski definition) is 2. The Hall–Kier alpha value is -3.11. The van der Waals surface area contributed by atoms with E-state index in [1.165, 1.54) is 6.92 Å². The lowest BCUT2D eigenvalue weighted by Crippen LogP contribution is -2.46. The molecule has 0 unspecified atom stereocenters. The van der Waals surface area contributed by atoms with Gasteiger partial charge >= 0.3 is 18.2 Å². The zero-order valence-corrected chi connectivity index (χ0v) is 16.2. The molecule has 1 saturated heterocycles. The number of amides is 4. The van der Waals surface area contributed by atoms with Crippen LogP contribution in [0.1, 0.15) is 32.3 Å². The fourth-order valence-electron chi connectivity index (χ4n) is 3.20. The summed E-state index contributed by atoms with van der Waals surface area (Å²) >= 11 is 0. The van der Waals surface area contributed by atoms with Gasteiger partial charge in [0.2, 0.25) is 0 Å². The molecule has 0 aromatic heterocycles. The van der Waals surface area contributed by atoms with Crippen LogP contribution in [-0.4, -0.2) is 46.9 Å². The molecular weight excluding hydrogens is 407 g/mol. The van der Waals surface area contributed by atoms with Crippen molar-refractivity contribution in [2.24, 2.45) is 5.92 Å². The van der Waals surface area contributed by atoms with Gasteiger partial charge in [0.25, 0.3) is 11.8 Å². The Morgan fingerprint density at radius 1 is 1.27 bits per heavy atom. The number of carbonyl (C=O) groups excluding carboxylic acids is 4. The normalized spacial score (nSPS) is 22.5. The molecule has 8 nitrogen and oxygen atoms in total. The van der Waals surface area contributed by atoms with Crippen molar-refractivity contribution in [3.63, 3.8) is 0 Å². The van der Waals surface area contributed by atoms with E-state index in [-0.39, 0.29) is 11.6 Å². The molecule has 0 spiro atoms. The molecule has 11 heteroatoms. The monoisotopic (exact) mass is 427 g/mol. The van der Waals surface area contributed by atoms with Crippen LogP contribution in [0.5, 0.6) is 0 Å². The van der Waals surface area contributed by atoms with Gasteiger partial charge in [-0.3, -0.25) is 19.3 Å². The number of anilines is 1. The van der Waals surface area contributed by atoms with E-state index in [4.69, 9.17) is 4.74 Å².